The summed E-state index contributed by atoms with van der Waals surface area (Å²) in [5, 5.41) is 0. The van der Waals surface area contributed by atoms with Crippen LogP contribution >= 0.6 is 0 Å². The Morgan fingerprint density at radius 3 is 2.96 bits per heavy atom. The summed E-state index contributed by atoms with van der Waals surface area (Å²) in [5.74, 6) is 0.129. The van der Waals surface area contributed by atoms with Crippen molar-refractivity contribution in [2.24, 2.45) is 5.92 Å². The molecule has 126 valence electrons. The lowest BCUT2D eigenvalue weighted by Crippen LogP contribution is -2.42. The number of aromatic nitrogens is 1. The fourth-order valence-electron chi connectivity index (χ4n) is 2.90. The van der Waals surface area contributed by atoms with Crippen LogP contribution in [0.1, 0.15) is 40.8 Å². The van der Waals surface area contributed by atoms with Gasteiger partial charge in [0.15, 0.2) is 11.5 Å². The average Bonchev–Trinajstić information content (AvgIpc) is 3.10. The fourth-order valence-corrected chi connectivity index (χ4v) is 2.90. The second-order valence-corrected chi connectivity index (χ2v) is 5.72. The van der Waals surface area contributed by atoms with Crippen molar-refractivity contribution in [1.29, 1.82) is 0 Å². The lowest BCUT2D eigenvalue weighted by atomic mass is 9.92. The van der Waals surface area contributed by atoms with Gasteiger partial charge in [0.25, 0.3) is 11.9 Å². The predicted molar refractivity (Wildman–Crippen MR) is 87.1 cm³/mol. The summed E-state index contributed by atoms with van der Waals surface area (Å²) in [6, 6.07) is 8.53. The van der Waals surface area contributed by atoms with Crippen LogP contribution in [0.5, 0.6) is 5.95 Å². The molecule has 0 N–H and O–H groups in total. The topological polar surface area (TPSA) is 72.6 Å². The zero-order chi connectivity index (χ0) is 16.9. The molecule has 2 aromatic heterocycles. The molecule has 1 aliphatic heterocycles. The molecule has 3 rings (SSSR count). The Morgan fingerprint density at radius 2 is 2.21 bits per heavy atom. The predicted octanol–water partition coefficient (Wildman–Crippen LogP) is 2.81. The van der Waals surface area contributed by atoms with E-state index in [2.05, 4.69) is 4.98 Å². The van der Waals surface area contributed by atoms with Crippen molar-refractivity contribution in [2.75, 3.05) is 19.7 Å². The van der Waals surface area contributed by atoms with Crippen molar-refractivity contribution in [3.05, 3.63) is 48.0 Å². The molecule has 0 bridgehead atoms. The smallest absolute Gasteiger partial charge is 0.289 e. The number of furan rings is 1. The van der Waals surface area contributed by atoms with Gasteiger partial charge in [-0.1, -0.05) is 6.07 Å². The van der Waals surface area contributed by atoms with Crippen molar-refractivity contribution < 1.29 is 18.7 Å². The Labute approximate surface area is 140 Å². The number of rotatable bonds is 5. The van der Waals surface area contributed by atoms with E-state index >= 15 is 0 Å². The minimum absolute atomic E-state index is 0.0115. The number of amides is 1. The molecule has 0 saturated carbocycles. The van der Waals surface area contributed by atoms with Gasteiger partial charge in [-0.3, -0.25) is 14.6 Å². The van der Waals surface area contributed by atoms with Crippen LogP contribution in [0, 0.1) is 5.92 Å². The fraction of sp³-hybridized carbons (Fsp3) is 0.389. The first-order chi connectivity index (χ1) is 11.7. The Morgan fingerprint density at radius 1 is 1.33 bits per heavy atom. The molecule has 0 aliphatic carbocycles. The number of hydrogen-bond donors (Lipinski definition) is 0. The molecule has 1 unspecified atom stereocenters. The van der Waals surface area contributed by atoms with Crippen LogP contribution in [0.15, 0.2) is 40.9 Å². The maximum Gasteiger partial charge on any atom is 0.289 e. The van der Waals surface area contributed by atoms with Crippen molar-refractivity contribution in [1.82, 2.24) is 9.88 Å². The number of likely N-dealkylation sites (tertiary alicyclic amines) is 1. The van der Waals surface area contributed by atoms with Gasteiger partial charge < -0.3 is 14.1 Å². The molecule has 6 heteroatoms. The Bertz CT molecular complexity index is 711. The second kappa shape index (κ2) is 7.29. The summed E-state index contributed by atoms with van der Waals surface area (Å²) >= 11 is 0. The molecule has 24 heavy (non-hydrogen) atoms. The summed E-state index contributed by atoms with van der Waals surface area (Å²) in [6.45, 7) is 3.34. The van der Waals surface area contributed by atoms with E-state index in [1.807, 2.05) is 6.92 Å². The standard InChI is InChI=1S/C18H20N2O4/c1-2-23-16-9-8-15(24-16)18(22)20-11-5-6-13(12-20)17(21)14-7-3-4-10-19-14/h3-4,7-10,13H,2,5-6,11-12H2,1H3. The van der Waals surface area contributed by atoms with Crippen molar-refractivity contribution in [3.63, 3.8) is 0 Å². The minimum Gasteiger partial charge on any atom is -0.465 e. The van der Waals surface area contributed by atoms with Gasteiger partial charge in [-0.15, -0.1) is 0 Å². The van der Waals surface area contributed by atoms with E-state index in [0.717, 1.165) is 12.8 Å². The zero-order valence-electron chi connectivity index (χ0n) is 13.6. The van der Waals surface area contributed by atoms with Gasteiger partial charge in [0.1, 0.15) is 5.69 Å². The number of nitrogens with zero attached hydrogens (tertiary/aromatic N) is 2. The number of carbonyl (C=O) groups excluding carboxylic acids is 2. The third-order valence-corrected chi connectivity index (χ3v) is 4.08. The van der Waals surface area contributed by atoms with Crippen LogP contribution in [0.2, 0.25) is 0 Å². The van der Waals surface area contributed by atoms with Gasteiger partial charge in [-0.05, 0) is 38.0 Å². The number of ketones is 1. The second-order valence-electron chi connectivity index (χ2n) is 5.72. The summed E-state index contributed by atoms with van der Waals surface area (Å²) in [4.78, 5) is 30.9. The lowest BCUT2D eigenvalue weighted by Gasteiger charge is -2.31. The maximum absolute atomic E-state index is 12.6. The number of carbonyl (C=O) groups is 2. The molecule has 0 aromatic carbocycles. The van der Waals surface area contributed by atoms with Crippen LogP contribution < -0.4 is 4.74 Å². The van der Waals surface area contributed by atoms with Crippen LogP contribution in [0.3, 0.4) is 0 Å². The quantitative estimate of drug-likeness (QED) is 0.789. The molecule has 1 amide bonds. The van der Waals surface area contributed by atoms with Gasteiger partial charge in [-0.25, -0.2) is 0 Å². The first kappa shape index (κ1) is 16.2. The van der Waals surface area contributed by atoms with Crippen LogP contribution in [-0.2, 0) is 0 Å². The molecule has 1 fully saturated rings. The number of hydrogen-bond acceptors (Lipinski definition) is 5. The van der Waals surface area contributed by atoms with Gasteiger partial charge in [0, 0.05) is 31.3 Å². The van der Waals surface area contributed by atoms with Gasteiger partial charge in [0.2, 0.25) is 0 Å². The molecule has 1 atom stereocenters. The van der Waals surface area contributed by atoms with E-state index in [1.54, 1.807) is 41.4 Å². The third-order valence-electron chi connectivity index (χ3n) is 4.08. The van der Waals surface area contributed by atoms with E-state index in [-0.39, 0.29) is 23.4 Å². The molecule has 3 heterocycles. The monoisotopic (exact) mass is 328 g/mol. The molecular formula is C18H20N2O4. The van der Waals surface area contributed by atoms with Crippen molar-refractivity contribution in [2.45, 2.75) is 19.8 Å². The summed E-state index contributed by atoms with van der Waals surface area (Å²) < 4.78 is 10.7. The van der Waals surface area contributed by atoms with Crippen LogP contribution in [0.4, 0.5) is 0 Å². The Hall–Kier alpha value is -2.63. The normalized spacial score (nSPS) is 17.5. The highest BCUT2D eigenvalue weighted by atomic mass is 16.6. The number of Topliss-reactive ketones (excluding diaryl/α,β-unsaturated/α-hetero) is 1. The zero-order valence-corrected chi connectivity index (χ0v) is 13.6. The van der Waals surface area contributed by atoms with Gasteiger partial charge >= 0.3 is 0 Å². The van der Waals surface area contributed by atoms with Crippen LogP contribution in [0.25, 0.3) is 0 Å². The van der Waals surface area contributed by atoms with Gasteiger partial charge in [0.05, 0.1) is 6.61 Å². The largest absolute Gasteiger partial charge is 0.465 e. The Balaban J connectivity index is 1.68. The van der Waals surface area contributed by atoms with Crippen molar-refractivity contribution >= 4 is 11.7 Å². The maximum atomic E-state index is 12.6. The molecule has 0 spiro atoms. The van der Waals surface area contributed by atoms with Crippen LogP contribution in [-0.4, -0.2) is 41.3 Å². The summed E-state index contributed by atoms with van der Waals surface area (Å²) in [6.07, 6.45) is 3.16. The highest BCUT2D eigenvalue weighted by molar-refractivity contribution is 5.97. The molecule has 1 saturated heterocycles. The van der Waals surface area contributed by atoms with E-state index in [9.17, 15) is 9.59 Å². The lowest BCUT2D eigenvalue weighted by molar-refractivity contribution is 0.0603. The van der Waals surface area contributed by atoms with E-state index in [0.29, 0.717) is 31.3 Å². The highest BCUT2D eigenvalue weighted by Crippen LogP contribution is 2.23. The number of piperidine rings is 1. The molecule has 6 nitrogen and oxygen atoms in total. The van der Waals surface area contributed by atoms with E-state index in [1.165, 1.54) is 0 Å². The molecular weight excluding hydrogens is 308 g/mol. The van der Waals surface area contributed by atoms with Crippen molar-refractivity contribution in [3.8, 4) is 5.95 Å². The third kappa shape index (κ3) is 3.48. The Kier molecular flexibility index (Phi) is 4.93. The highest BCUT2D eigenvalue weighted by Gasteiger charge is 2.31. The van der Waals surface area contributed by atoms with Gasteiger partial charge in [-0.2, -0.15) is 0 Å². The number of pyridine rings is 1. The van der Waals surface area contributed by atoms with E-state index < -0.39 is 0 Å². The van der Waals surface area contributed by atoms with E-state index in [4.69, 9.17) is 9.15 Å². The minimum atomic E-state index is -0.223. The molecule has 0 radical (unpaired) electrons. The number of ether oxygens (including phenoxy) is 1. The first-order valence-corrected chi connectivity index (χ1v) is 8.16. The summed E-state index contributed by atoms with van der Waals surface area (Å²) in [7, 11) is 0. The molecule has 2 aromatic rings. The first-order valence-electron chi connectivity index (χ1n) is 8.16. The summed E-state index contributed by atoms with van der Waals surface area (Å²) in [5.41, 5.74) is 0.452. The SMILES string of the molecule is CCOc1ccc(C(=O)N2CCCC(C(=O)c3ccccn3)C2)o1. The average molecular weight is 328 g/mol. The molecule has 1 aliphatic rings.